The van der Waals surface area contributed by atoms with E-state index in [0.29, 0.717) is 24.4 Å². The average molecular weight is 492 g/mol. The first kappa shape index (κ1) is 24.5. The number of halogens is 1. The number of aryl methyl sites for hydroxylation is 1. The van der Waals surface area contributed by atoms with E-state index in [2.05, 4.69) is 40.8 Å². The second-order valence-corrected chi connectivity index (χ2v) is 10.5. The van der Waals surface area contributed by atoms with Gasteiger partial charge in [-0.05, 0) is 103 Å². The second kappa shape index (κ2) is 10.0. The molecule has 1 aromatic heterocycles. The van der Waals surface area contributed by atoms with Crippen LogP contribution in [0.4, 0.5) is 14.9 Å². The molecule has 1 saturated carbocycles. The van der Waals surface area contributed by atoms with E-state index in [1.54, 1.807) is 19.2 Å². The van der Waals surface area contributed by atoms with E-state index in [1.165, 1.54) is 22.9 Å². The van der Waals surface area contributed by atoms with Crippen molar-refractivity contribution in [2.45, 2.75) is 58.3 Å². The monoisotopic (exact) mass is 491 g/mol. The van der Waals surface area contributed by atoms with Crippen LogP contribution in [-0.4, -0.2) is 30.1 Å². The Morgan fingerprint density at radius 3 is 2.89 bits per heavy atom. The van der Waals surface area contributed by atoms with Crippen molar-refractivity contribution in [1.82, 2.24) is 10.3 Å². The van der Waals surface area contributed by atoms with Crippen molar-refractivity contribution < 1.29 is 18.7 Å². The minimum Gasteiger partial charge on any atom is -0.466 e. The summed E-state index contributed by atoms with van der Waals surface area (Å²) in [6, 6.07) is 7.56. The molecule has 7 heteroatoms. The van der Waals surface area contributed by atoms with Crippen LogP contribution in [-0.2, 0) is 16.0 Å². The van der Waals surface area contributed by atoms with Gasteiger partial charge in [0.2, 0.25) is 0 Å². The number of ether oxygens (including phenoxy) is 1. The molecule has 1 fully saturated rings. The van der Waals surface area contributed by atoms with E-state index in [1.807, 2.05) is 6.07 Å². The maximum atomic E-state index is 13.9. The highest BCUT2D eigenvalue weighted by Crippen LogP contribution is 2.63. The van der Waals surface area contributed by atoms with Gasteiger partial charge >= 0.3 is 12.0 Å². The van der Waals surface area contributed by atoms with E-state index in [-0.39, 0.29) is 36.2 Å². The lowest BCUT2D eigenvalue weighted by atomic mass is 9.54. The number of carbonyl (C=O) groups is 2. The summed E-state index contributed by atoms with van der Waals surface area (Å²) >= 11 is 0. The Bertz CT molecular complexity index is 1200. The summed E-state index contributed by atoms with van der Waals surface area (Å²) in [4.78, 5) is 27.8. The molecule has 0 aliphatic heterocycles. The summed E-state index contributed by atoms with van der Waals surface area (Å²) in [5.41, 5.74) is 5.72. The number of esters is 1. The van der Waals surface area contributed by atoms with E-state index < -0.39 is 0 Å². The number of carbonyl (C=O) groups excluding carboxylic acids is 2. The molecule has 6 nitrogen and oxygen atoms in total. The first-order valence-corrected chi connectivity index (χ1v) is 13.0. The molecule has 190 valence electrons. The number of aromatic nitrogens is 1. The Morgan fingerprint density at radius 2 is 2.08 bits per heavy atom. The van der Waals surface area contributed by atoms with E-state index >= 15 is 0 Å². The zero-order valence-electron chi connectivity index (χ0n) is 21.0. The zero-order chi connectivity index (χ0) is 25.3. The molecule has 3 aliphatic rings. The molecule has 0 bridgehead atoms. The molecule has 36 heavy (non-hydrogen) atoms. The first-order chi connectivity index (χ1) is 17.4. The fourth-order valence-corrected chi connectivity index (χ4v) is 6.92. The van der Waals surface area contributed by atoms with Gasteiger partial charge in [-0.3, -0.25) is 9.78 Å². The van der Waals surface area contributed by atoms with Gasteiger partial charge in [-0.15, -0.1) is 0 Å². The number of nitrogens with zero attached hydrogens (tertiary/aromatic N) is 1. The summed E-state index contributed by atoms with van der Waals surface area (Å²) in [5, 5.41) is 5.61. The normalized spacial score (nSPS) is 26.2. The van der Waals surface area contributed by atoms with Crippen LogP contribution >= 0.6 is 0 Å². The summed E-state index contributed by atoms with van der Waals surface area (Å²) in [6.07, 6.45) is 10.9. The van der Waals surface area contributed by atoms with Crippen molar-refractivity contribution >= 4 is 23.3 Å². The number of pyridine rings is 1. The average Bonchev–Trinajstić information content (AvgIpc) is 3.21. The fraction of sp³-hybridized carbons (Fsp3) is 0.483. The number of benzene rings is 1. The highest BCUT2D eigenvalue weighted by molar-refractivity contribution is 5.89. The summed E-state index contributed by atoms with van der Waals surface area (Å²) in [6.45, 7) is 4.70. The number of hydrogen-bond donors (Lipinski definition) is 2. The van der Waals surface area contributed by atoms with Crippen molar-refractivity contribution in [3.8, 4) is 0 Å². The van der Waals surface area contributed by atoms with Gasteiger partial charge in [0.15, 0.2) is 0 Å². The largest absolute Gasteiger partial charge is 0.466 e. The van der Waals surface area contributed by atoms with E-state index in [9.17, 15) is 14.0 Å². The molecular formula is C29H34FN3O3. The number of urea groups is 1. The molecule has 1 heterocycles. The lowest BCUT2D eigenvalue weighted by molar-refractivity contribution is -0.142. The van der Waals surface area contributed by atoms with Crippen molar-refractivity contribution in [3.63, 3.8) is 0 Å². The molecule has 2 aromatic rings. The highest BCUT2D eigenvalue weighted by atomic mass is 19.1. The van der Waals surface area contributed by atoms with Crippen molar-refractivity contribution in [3.05, 3.63) is 65.2 Å². The molecule has 4 atom stereocenters. The number of hydrogen-bond acceptors (Lipinski definition) is 4. The maximum Gasteiger partial charge on any atom is 0.319 e. The topological polar surface area (TPSA) is 80.3 Å². The number of fused-ring (bicyclic) bond motifs is 5. The highest BCUT2D eigenvalue weighted by Gasteiger charge is 2.51. The van der Waals surface area contributed by atoms with Gasteiger partial charge in [-0.2, -0.15) is 0 Å². The third kappa shape index (κ3) is 4.63. The van der Waals surface area contributed by atoms with Gasteiger partial charge in [0, 0.05) is 18.4 Å². The van der Waals surface area contributed by atoms with E-state index in [0.717, 1.165) is 43.4 Å². The van der Waals surface area contributed by atoms with Crippen molar-refractivity contribution in [2.24, 2.45) is 17.3 Å². The molecule has 0 radical (unpaired) electrons. The summed E-state index contributed by atoms with van der Waals surface area (Å²) in [5.74, 6) is 1.06. The van der Waals surface area contributed by atoms with Crippen LogP contribution in [0, 0.1) is 23.1 Å². The van der Waals surface area contributed by atoms with Gasteiger partial charge in [-0.25, -0.2) is 9.18 Å². The Morgan fingerprint density at radius 1 is 1.22 bits per heavy atom. The molecule has 1 aromatic carbocycles. The quantitative estimate of drug-likeness (QED) is 0.497. The Hall–Kier alpha value is -3.22. The molecule has 2 N–H and O–H groups in total. The van der Waals surface area contributed by atoms with Crippen LogP contribution < -0.4 is 10.6 Å². The SMILES string of the molecule is CCOC(=O)CCNC(=O)Nc1ccc2c(c1)CCC1C2CC[C@]2(C)C(c3cncc(F)c3)=CC[C@@H]12. The lowest BCUT2D eigenvalue weighted by Crippen LogP contribution is -2.41. The van der Waals surface area contributed by atoms with Crippen LogP contribution in [0.5, 0.6) is 0 Å². The number of rotatable bonds is 6. The lowest BCUT2D eigenvalue weighted by Gasteiger charge is -2.50. The van der Waals surface area contributed by atoms with Crippen LogP contribution in [0.15, 0.2) is 42.7 Å². The number of allylic oxidation sites excluding steroid dienone is 2. The van der Waals surface area contributed by atoms with Gasteiger partial charge in [0.05, 0.1) is 19.2 Å². The van der Waals surface area contributed by atoms with Crippen molar-refractivity contribution in [2.75, 3.05) is 18.5 Å². The van der Waals surface area contributed by atoms with E-state index in [4.69, 9.17) is 4.74 Å². The molecule has 3 aliphatic carbocycles. The predicted molar refractivity (Wildman–Crippen MR) is 137 cm³/mol. The number of amides is 2. The summed E-state index contributed by atoms with van der Waals surface area (Å²) in [7, 11) is 0. The Labute approximate surface area is 211 Å². The van der Waals surface area contributed by atoms with Crippen molar-refractivity contribution in [1.29, 1.82) is 0 Å². The number of nitrogens with one attached hydrogen (secondary N) is 2. The predicted octanol–water partition coefficient (Wildman–Crippen LogP) is 5.85. The molecule has 0 saturated heterocycles. The molecule has 2 unspecified atom stereocenters. The zero-order valence-corrected chi connectivity index (χ0v) is 21.0. The van der Waals surface area contributed by atoms with Gasteiger partial charge in [0.1, 0.15) is 5.82 Å². The summed E-state index contributed by atoms with van der Waals surface area (Å²) < 4.78 is 18.8. The minimum absolute atomic E-state index is 0.0529. The smallest absolute Gasteiger partial charge is 0.319 e. The third-order valence-electron chi connectivity index (χ3n) is 8.50. The fourth-order valence-electron chi connectivity index (χ4n) is 6.92. The molecule has 0 spiro atoms. The Balaban J connectivity index is 1.25. The van der Waals surface area contributed by atoms with Gasteiger partial charge in [-0.1, -0.05) is 19.1 Å². The van der Waals surface area contributed by atoms with Gasteiger partial charge in [0.25, 0.3) is 0 Å². The van der Waals surface area contributed by atoms with Crippen LogP contribution in [0.1, 0.15) is 68.6 Å². The second-order valence-electron chi connectivity index (χ2n) is 10.5. The van der Waals surface area contributed by atoms with Gasteiger partial charge < -0.3 is 15.4 Å². The molecule has 2 amide bonds. The van der Waals surface area contributed by atoms with Crippen LogP contribution in [0.3, 0.4) is 0 Å². The van der Waals surface area contributed by atoms with Crippen LogP contribution in [0.25, 0.3) is 5.57 Å². The minimum atomic E-state index is -0.322. The Kier molecular flexibility index (Phi) is 6.82. The maximum absolute atomic E-state index is 13.9. The molecule has 5 rings (SSSR count). The number of anilines is 1. The first-order valence-electron chi connectivity index (χ1n) is 13.0. The third-order valence-corrected chi connectivity index (χ3v) is 8.50. The van der Waals surface area contributed by atoms with Crippen LogP contribution in [0.2, 0.25) is 0 Å². The molecular weight excluding hydrogens is 457 g/mol. The standard InChI is InChI=1S/C29H34FN3O3/c1-3-36-27(34)11-13-32-28(35)33-21-5-7-22-18(15-21)4-6-24-23(22)10-12-29(2)25(8-9-26(24)29)19-14-20(30)17-31-16-19/h5,7-8,14-17,23-24,26H,3-4,6,9-13H2,1-2H3,(H2,32,33,35)/t23?,24?,26-,29+/m0/s1.